The van der Waals surface area contributed by atoms with Crippen LogP contribution >= 0.6 is 0 Å². The van der Waals surface area contributed by atoms with Gasteiger partial charge in [0, 0.05) is 49.8 Å². The monoisotopic (exact) mass is 1010 g/mol. The van der Waals surface area contributed by atoms with Gasteiger partial charge < -0.3 is 14.0 Å². The van der Waals surface area contributed by atoms with E-state index in [0.29, 0.717) is 22.5 Å². The smallest absolute Gasteiger partial charge is 0.216 e. The van der Waals surface area contributed by atoms with Gasteiger partial charge in [0.05, 0.1) is 36.2 Å². The van der Waals surface area contributed by atoms with Crippen molar-refractivity contribution in [2.75, 3.05) is 0 Å². The van der Waals surface area contributed by atoms with Gasteiger partial charge in [0.25, 0.3) is 0 Å². The number of aryl methyl sites for hydroxylation is 2. The summed E-state index contributed by atoms with van der Waals surface area (Å²) in [6, 6.07) is 46.6. The van der Waals surface area contributed by atoms with Gasteiger partial charge in [-0.2, -0.15) is 0 Å². The average Bonchev–Trinajstić information content (AvgIpc) is 3.83. The summed E-state index contributed by atoms with van der Waals surface area (Å²) in [6.45, 7) is 18.9. The van der Waals surface area contributed by atoms with Crippen LogP contribution in [0.3, 0.4) is 0 Å². The van der Waals surface area contributed by atoms with Gasteiger partial charge in [-0.15, -0.1) is 53.6 Å². The molecule has 62 heavy (non-hydrogen) atoms. The summed E-state index contributed by atoms with van der Waals surface area (Å²) in [5.41, 5.74) is 11.2. The van der Waals surface area contributed by atoms with Crippen LogP contribution in [0.25, 0.3) is 72.6 Å². The molecule has 0 atom stereocenters. The largest absolute Gasteiger partial charge is 0.486 e. The van der Waals surface area contributed by atoms with Crippen molar-refractivity contribution in [2.24, 2.45) is 5.41 Å². The summed E-state index contributed by atoms with van der Waals surface area (Å²) >= 11 is 0. The van der Waals surface area contributed by atoms with Crippen molar-refractivity contribution in [1.82, 2.24) is 19.5 Å². The van der Waals surface area contributed by atoms with Gasteiger partial charge in [-0.3, -0.25) is 4.98 Å². The number of hydrogen-bond donors (Lipinski definition) is 0. The number of benzene rings is 5. The summed E-state index contributed by atoms with van der Waals surface area (Å²) < 4.78 is 48.8. The number of hydrogen-bond acceptors (Lipinski definition) is 4. The number of fused-ring (bicyclic) bond motifs is 4. The minimum atomic E-state index is -2.17. The van der Waals surface area contributed by atoms with Gasteiger partial charge in [0.1, 0.15) is 0 Å². The van der Waals surface area contributed by atoms with Gasteiger partial charge in [0.15, 0.2) is 0 Å². The zero-order valence-corrected chi connectivity index (χ0v) is 40.5. The van der Waals surface area contributed by atoms with Crippen LogP contribution in [0, 0.1) is 31.3 Å². The molecule has 7 heteroatoms. The Kier molecular flexibility index (Phi) is 10.7. The molecule has 0 aliphatic rings. The van der Waals surface area contributed by atoms with E-state index in [1.165, 1.54) is 11.6 Å². The summed E-state index contributed by atoms with van der Waals surface area (Å²) in [7, 11) is -1.81. The number of nitrogens with zero attached hydrogens (tertiary/aromatic N) is 4. The Morgan fingerprint density at radius 3 is 2.26 bits per heavy atom. The molecule has 0 unspecified atom stereocenters. The van der Waals surface area contributed by atoms with Crippen LogP contribution in [0.1, 0.15) is 70.8 Å². The summed E-state index contributed by atoms with van der Waals surface area (Å²) in [5.74, 6) is 0.798. The van der Waals surface area contributed by atoms with E-state index in [4.69, 9.17) is 16.3 Å². The molecule has 0 bridgehead atoms. The van der Waals surface area contributed by atoms with Crippen molar-refractivity contribution < 1.29 is 31.4 Å². The second kappa shape index (κ2) is 17.4. The molecule has 9 rings (SSSR count). The van der Waals surface area contributed by atoms with Crippen LogP contribution in [0.2, 0.25) is 19.6 Å². The second-order valence-electron chi connectivity index (χ2n) is 18.8. The van der Waals surface area contributed by atoms with E-state index in [-0.39, 0.29) is 31.1 Å². The average molecular weight is 1010 g/mol. The van der Waals surface area contributed by atoms with Gasteiger partial charge in [-0.25, -0.2) is 4.98 Å². The van der Waals surface area contributed by atoms with Crippen molar-refractivity contribution in [3.8, 4) is 39.5 Å². The molecule has 0 amide bonds. The van der Waals surface area contributed by atoms with E-state index >= 15 is 0 Å². The van der Waals surface area contributed by atoms with E-state index in [0.717, 1.165) is 66.5 Å². The Morgan fingerprint density at radius 1 is 0.806 bits per heavy atom. The molecular weight excluding hydrogens is 953 g/mol. The Balaban J connectivity index is 0.000000211. The Morgan fingerprint density at radius 2 is 1.56 bits per heavy atom. The van der Waals surface area contributed by atoms with Crippen molar-refractivity contribution in [3.63, 3.8) is 0 Å². The van der Waals surface area contributed by atoms with Crippen LogP contribution in [-0.2, 0) is 31.9 Å². The van der Waals surface area contributed by atoms with Crippen LogP contribution in [0.5, 0.6) is 0 Å². The van der Waals surface area contributed by atoms with Crippen LogP contribution in [-0.4, -0.2) is 27.6 Å². The molecule has 4 heterocycles. The molecule has 317 valence electrons. The van der Waals surface area contributed by atoms with Gasteiger partial charge >= 0.3 is 0 Å². The molecule has 0 fully saturated rings. The molecule has 5 aromatic carbocycles. The standard InChI is InChI=1S/C35H28N3O.C20H28NSi.Ir/c1-22-20-21-26-25-15-10-16-27(32(25)39-34(26)36-22)33-37-29-18-8-9-19-30(29)38(33)31-24(23-12-6-5-7-13-23)14-11-17-28(31)35(2,3)4;1-15-8-10-16(11-9-15)18-12-17(13-20(2,3)4)19(14-21-18)22(5,6)7;/h5-15,17-21H,1-4H3;8-10,12,14H,13H2,1-7H3;/q2*-1;/i;1D3,13D2;. The van der Waals surface area contributed by atoms with Gasteiger partial charge in [-0.05, 0) is 70.4 Å². The number of imidazole rings is 1. The third-order valence-corrected chi connectivity index (χ3v) is 12.7. The van der Waals surface area contributed by atoms with Crippen LogP contribution in [0.15, 0.2) is 132 Å². The van der Waals surface area contributed by atoms with Crippen molar-refractivity contribution in [2.45, 2.75) is 86.7 Å². The quantitative estimate of drug-likeness (QED) is 0.123. The fourth-order valence-corrected chi connectivity index (χ4v) is 9.23. The summed E-state index contributed by atoms with van der Waals surface area (Å²) in [5, 5.41) is 3.01. The molecule has 0 aliphatic heterocycles. The predicted octanol–water partition coefficient (Wildman–Crippen LogP) is 14.0. The first-order valence-electron chi connectivity index (χ1n) is 23.4. The maximum atomic E-state index is 8.79. The molecule has 0 saturated heterocycles. The summed E-state index contributed by atoms with van der Waals surface area (Å²) in [4.78, 5) is 14.4. The molecule has 4 aromatic heterocycles. The molecular formula is C55H56IrN4OSi-2. The van der Waals surface area contributed by atoms with E-state index in [1.54, 1.807) is 18.3 Å². The van der Waals surface area contributed by atoms with Crippen LogP contribution in [0.4, 0.5) is 0 Å². The number of aromatic nitrogens is 4. The zero-order valence-electron chi connectivity index (χ0n) is 42.2. The minimum absolute atomic E-state index is 0. The maximum Gasteiger partial charge on any atom is 0.216 e. The number of rotatable bonds is 6. The molecule has 0 spiro atoms. The Bertz CT molecular complexity index is 3230. The van der Waals surface area contributed by atoms with Gasteiger partial charge in [-0.1, -0.05) is 151 Å². The van der Waals surface area contributed by atoms with E-state index < -0.39 is 26.7 Å². The van der Waals surface area contributed by atoms with Crippen molar-refractivity contribution in [3.05, 3.63) is 162 Å². The molecule has 0 N–H and O–H groups in total. The summed E-state index contributed by atoms with van der Waals surface area (Å²) in [6.07, 6.45) is 0.269. The first-order valence-corrected chi connectivity index (χ1v) is 24.4. The zero-order chi connectivity index (χ0) is 47.6. The second-order valence-corrected chi connectivity index (χ2v) is 23.9. The van der Waals surface area contributed by atoms with Crippen molar-refractivity contribution >= 4 is 46.4 Å². The third-order valence-electron chi connectivity index (χ3n) is 10.7. The van der Waals surface area contributed by atoms with E-state index in [9.17, 15) is 0 Å². The molecule has 0 saturated carbocycles. The van der Waals surface area contributed by atoms with E-state index in [1.807, 2.05) is 58.0 Å². The van der Waals surface area contributed by atoms with Crippen LogP contribution < -0.4 is 5.19 Å². The number of para-hydroxylation sites is 3. The first kappa shape index (κ1) is 38.2. The SMILES string of the molecule is Cc1ccc2c(n1)oc1c(-c3nc4ccccc4n3-c3c(-c4ccccc4)cccc3C(C)(C)C)[c-]ccc12.[2H]C([2H])([2H])c1c[c-]c(-c2cc(C([2H])([2H])C(C)(C)C)c([Si](C)(C)C)cn2)cc1.[Ir]. The Labute approximate surface area is 389 Å². The Hall–Kier alpha value is -5.46. The van der Waals surface area contributed by atoms with Gasteiger partial charge in [0.2, 0.25) is 5.71 Å². The van der Waals surface area contributed by atoms with Crippen molar-refractivity contribution in [1.29, 1.82) is 0 Å². The minimum Gasteiger partial charge on any atom is -0.486 e. The van der Waals surface area contributed by atoms with E-state index in [2.05, 4.69) is 140 Å². The predicted molar refractivity (Wildman–Crippen MR) is 259 cm³/mol. The first-order chi connectivity index (χ1) is 30.9. The number of pyridine rings is 2. The molecule has 9 aromatic rings. The normalized spacial score (nSPS) is 13.7. The molecule has 1 radical (unpaired) electrons. The fourth-order valence-electron chi connectivity index (χ4n) is 7.83. The molecule has 0 aliphatic carbocycles. The fraction of sp³-hybridized carbons (Fsp3) is 0.255. The molecule has 5 nitrogen and oxygen atoms in total. The topological polar surface area (TPSA) is 56.7 Å². The third kappa shape index (κ3) is 9.17. The maximum absolute atomic E-state index is 8.79. The number of furan rings is 1.